The molecule has 6 heteroatoms. The van der Waals surface area contributed by atoms with Crippen molar-refractivity contribution < 1.29 is 13.6 Å². The van der Waals surface area contributed by atoms with Crippen molar-refractivity contribution in [2.45, 2.75) is 38.3 Å². The number of aromatic nitrogens is 1. The number of nitrogens with zero attached hydrogens (tertiary/aromatic N) is 2. The zero-order chi connectivity index (χ0) is 19.5. The molecular formula is C22H20ClFN2O2. The Morgan fingerprint density at radius 1 is 1.18 bits per heavy atom. The molecule has 0 unspecified atom stereocenters. The van der Waals surface area contributed by atoms with Gasteiger partial charge in [0, 0.05) is 31.0 Å². The third-order valence-electron chi connectivity index (χ3n) is 4.82. The smallest absolute Gasteiger partial charge is 0.223 e. The van der Waals surface area contributed by atoms with Crippen LogP contribution in [0.2, 0.25) is 5.02 Å². The van der Waals surface area contributed by atoms with Crippen molar-refractivity contribution in [2.75, 3.05) is 0 Å². The van der Waals surface area contributed by atoms with Crippen molar-refractivity contribution in [1.29, 1.82) is 0 Å². The first-order valence-corrected chi connectivity index (χ1v) is 9.71. The maximum absolute atomic E-state index is 13.1. The van der Waals surface area contributed by atoms with Gasteiger partial charge < -0.3 is 9.32 Å². The molecule has 28 heavy (non-hydrogen) atoms. The van der Waals surface area contributed by atoms with Gasteiger partial charge in [-0.1, -0.05) is 35.9 Å². The van der Waals surface area contributed by atoms with Gasteiger partial charge in [0.2, 0.25) is 5.91 Å². The third-order valence-corrected chi connectivity index (χ3v) is 5.15. The Morgan fingerprint density at radius 2 is 1.93 bits per heavy atom. The van der Waals surface area contributed by atoms with Crippen LogP contribution in [0.5, 0.6) is 0 Å². The van der Waals surface area contributed by atoms with E-state index >= 15 is 0 Å². The van der Waals surface area contributed by atoms with Crippen LogP contribution in [0.3, 0.4) is 0 Å². The monoisotopic (exact) mass is 398 g/mol. The molecular weight excluding hydrogens is 379 g/mol. The fraction of sp³-hybridized carbons (Fsp3) is 0.273. The summed E-state index contributed by atoms with van der Waals surface area (Å²) < 4.78 is 18.9. The van der Waals surface area contributed by atoms with E-state index in [2.05, 4.69) is 4.98 Å². The molecule has 1 saturated carbocycles. The molecule has 1 amide bonds. The standard InChI is InChI=1S/C22H20ClFN2O2/c23-19-4-2-1-3-18(19)20-13-25-21(28-20)11-12-22(27)26(17-9-10-17)14-15-5-7-16(24)8-6-15/h1-8,13,17H,9-12,14H2. The highest BCUT2D eigenvalue weighted by atomic mass is 35.5. The second-order valence-corrected chi connectivity index (χ2v) is 7.38. The van der Waals surface area contributed by atoms with Gasteiger partial charge in [0.1, 0.15) is 5.82 Å². The Balaban J connectivity index is 1.39. The zero-order valence-electron chi connectivity index (χ0n) is 15.3. The van der Waals surface area contributed by atoms with Crippen LogP contribution in [0.4, 0.5) is 4.39 Å². The van der Waals surface area contributed by atoms with E-state index in [1.807, 2.05) is 23.1 Å². The lowest BCUT2D eigenvalue weighted by Crippen LogP contribution is -2.32. The van der Waals surface area contributed by atoms with Crippen molar-refractivity contribution >= 4 is 17.5 Å². The minimum Gasteiger partial charge on any atom is -0.441 e. The van der Waals surface area contributed by atoms with E-state index in [-0.39, 0.29) is 17.8 Å². The van der Waals surface area contributed by atoms with Gasteiger partial charge in [0.15, 0.2) is 11.7 Å². The molecule has 1 fully saturated rings. The molecule has 0 N–H and O–H groups in total. The average molecular weight is 399 g/mol. The molecule has 0 spiro atoms. The van der Waals surface area contributed by atoms with Crippen molar-refractivity contribution in [3.63, 3.8) is 0 Å². The fourth-order valence-corrected chi connectivity index (χ4v) is 3.39. The summed E-state index contributed by atoms with van der Waals surface area (Å²) in [7, 11) is 0. The number of benzene rings is 2. The molecule has 2 aromatic carbocycles. The number of hydrogen-bond donors (Lipinski definition) is 0. The van der Waals surface area contributed by atoms with Gasteiger partial charge in [-0.15, -0.1) is 0 Å². The molecule has 0 bridgehead atoms. The number of amides is 1. The van der Waals surface area contributed by atoms with Crippen LogP contribution in [0, 0.1) is 5.82 Å². The third kappa shape index (κ3) is 4.42. The number of hydrogen-bond acceptors (Lipinski definition) is 3. The number of halogens is 2. The summed E-state index contributed by atoms with van der Waals surface area (Å²) >= 11 is 6.19. The van der Waals surface area contributed by atoms with Crippen LogP contribution in [-0.2, 0) is 17.8 Å². The van der Waals surface area contributed by atoms with E-state index in [9.17, 15) is 9.18 Å². The molecule has 0 radical (unpaired) electrons. The second-order valence-electron chi connectivity index (χ2n) is 6.98. The van der Waals surface area contributed by atoms with Gasteiger partial charge in [0.05, 0.1) is 11.2 Å². The van der Waals surface area contributed by atoms with Crippen molar-refractivity contribution in [2.24, 2.45) is 0 Å². The fourth-order valence-electron chi connectivity index (χ4n) is 3.16. The number of rotatable bonds is 7. The first kappa shape index (κ1) is 18.7. The van der Waals surface area contributed by atoms with Crippen LogP contribution in [0.1, 0.15) is 30.7 Å². The van der Waals surface area contributed by atoms with E-state index in [1.54, 1.807) is 24.4 Å². The van der Waals surface area contributed by atoms with Crippen LogP contribution in [0.15, 0.2) is 59.1 Å². The summed E-state index contributed by atoms with van der Waals surface area (Å²) in [5.41, 5.74) is 1.71. The quantitative estimate of drug-likeness (QED) is 0.545. The first-order valence-electron chi connectivity index (χ1n) is 9.33. The van der Waals surface area contributed by atoms with Crippen LogP contribution < -0.4 is 0 Å². The number of carbonyl (C=O) groups is 1. The van der Waals surface area contributed by atoms with Gasteiger partial charge in [-0.3, -0.25) is 4.79 Å². The Morgan fingerprint density at radius 3 is 2.64 bits per heavy atom. The first-order chi connectivity index (χ1) is 13.6. The van der Waals surface area contributed by atoms with Gasteiger partial charge in [-0.05, 0) is 42.7 Å². The molecule has 1 aliphatic carbocycles. The molecule has 1 heterocycles. The van der Waals surface area contributed by atoms with Crippen molar-refractivity contribution in [3.05, 3.63) is 77.0 Å². The normalized spacial score (nSPS) is 13.5. The van der Waals surface area contributed by atoms with E-state index in [0.29, 0.717) is 36.1 Å². The Labute approximate surface area is 167 Å². The van der Waals surface area contributed by atoms with E-state index in [0.717, 1.165) is 24.0 Å². The number of oxazole rings is 1. The SMILES string of the molecule is O=C(CCc1ncc(-c2ccccc2Cl)o1)N(Cc1ccc(F)cc1)C1CC1. The highest BCUT2D eigenvalue weighted by molar-refractivity contribution is 6.33. The van der Waals surface area contributed by atoms with E-state index in [1.165, 1.54) is 12.1 Å². The topological polar surface area (TPSA) is 46.3 Å². The highest BCUT2D eigenvalue weighted by Gasteiger charge is 2.32. The van der Waals surface area contributed by atoms with Gasteiger partial charge in [0.25, 0.3) is 0 Å². The van der Waals surface area contributed by atoms with Crippen molar-refractivity contribution in [1.82, 2.24) is 9.88 Å². The average Bonchev–Trinajstić information content (AvgIpc) is 3.43. The molecule has 0 aliphatic heterocycles. The predicted octanol–water partition coefficient (Wildman–Crippen LogP) is 5.26. The summed E-state index contributed by atoms with van der Waals surface area (Å²) in [4.78, 5) is 18.9. The van der Waals surface area contributed by atoms with Gasteiger partial charge >= 0.3 is 0 Å². The van der Waals surface area contributed by atoms with Crippen molar-refractivity contribution in [3.8, 4) is 11.3 Å². The summed E-state index contributed by atoms with van der Waals surface area (Å²) in [6, 6.07) is 14.0. The summed E-state index contributed by atoms with van der Waals surface area (Å²) in [5.74, 6) is 0.898. The highest BCUT2D eigenvalue weighted by Crippen LogP contribution is 2.30. The Bertz CT molecular complexity index is 967. The molecule has 0 saturated heterocycles. The number of carbonyl (C=O) groups excluding carboxylic acids is 1. The van der Waals surface area contributed by atoms with Crippen LogP contribution in [0.25, 0.3) is 11.3 Å². The molecule has 4 rings (SSSR count). The number of aryl methyl sites for hydroxylation is 1. The lowest BCUT2D eigenvalue weighted by molar-refractivity contribution is -0.132. The summed E-state index contributed by atoms with van der Waals surface area (Å²) in [6.45, 7) is 0.500. The molecule has 3 aromatic rings. The molecule has 1 aliphatic rings. The molecule has 4 nitrogen and oxygen atoms in total. The Kier molecular flexibility index (Phi) is 5.44. The van der Waals surface area contributed by atoms with Gasteiger partial charge in [-0.2, -0.15) is 0 Å². The maximum atomic E-state index is 13.1. The van der Waals surface area contributed by atoms with Crippen LogP contribution >= 0.6 is 11.6 Å². The van der Waals surface area contributed by atoms with E-state index in [4.69, 9.17) is 16.0 Å². The lowest BCUT2D eigenvalue weighted by Gasteiger charge is -2.22. The molecule has 0 atom stereocenters. The molecule has 144 valence electrons. The van der Waals surface area contributed by atoms with E-state index < -0.39 is 0 Å². The summed E-state index contributed by atoms with van der Waals surface area (Å²) in [5, 5.41) is 0.598. The van der Waals surface area contributed by atoms with Crippen LogP contribution in [-0.4, -0.2) is 21.8 Å². The lowest BCUT2D eigenvalue weighted by atomic mass is 10.2. The van der Waals surface area contributed by atoms with Gasteiger partial charge in [-0.25, -0.2) is 9.37 Å². The minimum absolute atomic E-state index is 0.0596. The minimum atomic E-state index is -0.272. The zero-order valence-corrected chi connectivity index (χ0v) is 16.0. The summed E-state index contributed by atoms with van der Waals surface area (Å²) in [6.07, 6.45) is 4.42. The second kappa shape index (κ2) is 8.15. The largest absolute Gasteiger partial charge is 0.441 e. The maximum Gasteiger partial charge on any atom is 0.223 e. The molecule has 1 aromatic heterocycles. The Hall–Kier alpha value is -2.66. The predicted molar refractivity (Wildman–Crippen MR) is 105 cm³/mol.